The number of halogens is 15. The molecule has 0 amide bonds. The first-order valence-electron chi connectivity index (χ1n) is 19.5. The first-order chi connectivity index (χ1) is 33.2. The van der Waals surface area contributed by atoms with E-state index < -0.39 is 179 Å². The zero-order chi connectivity index (χ0) is 50.4. The van der Waals surface area contributed by atoms with Crippen LogP contribution < -0.4 is 14.0 Å². The van der Waals surface area contributed by atoms with Crippen molar-refractivity contribution in [3.8, 4) is 67.9 Å². The Morgan fingerprint density at radius 1 is 0.257 bits per heavy atom. The van der Waals surface area contributed by atoms with Crippen LogP contribution in [0.4, 0.5) is 65.9 Å². The highest BCUT2D eigenvalue weighted by atomic mass is 19.2. The second kappa shape index (κ2) is 17.3. The molecular formula is C48H18BF15O6. The van der Waals surface area contributed by atoms with E-state index in [-0.39, 0.29) is 16.2 Å². The summed E-state index contributed by atoms with van der Waals surface area (Å²) in [5.74, 6) is -42.1. The van der Waals surface area contributed by atoms with Crippen LogP contribution in [0.5, 0.6) is 34.5 Å². The van der Waals surface area contributed by atoms with Gasteiger partial charge in [-0.2, -0.15) is 0 Å². The van der Waals surface area contributed by atoms with E-state index in [1.165, 1.54) is 0 Å². The molecule has 0 bridgehead atoms. The summed E-state index contributed by atoms with van der Waals surface area (Å²) < 4.78 is 246. The molecule has 3 N–H and O–H groups in total. The molecule has 0 fully saturated rings. The van der Waals surface area contributed by atoms with E-state index in [1.54, 1.807) is 0 Å². The lowest BCUT2D eigenvalue weighted by Crippen LogP contribution is -2.37. The fourth-order valence-corrected chi connectivity index (χ4v) is 7.82. The smallest absolute Gasteiger partial charge is 0.508 e. The summed E-state index contributed by atoms with van der Waals surface area (Å²) in [6.07, 6.45) is 0. The van der Waals surface area contributed by atoms with Crippen molar-refractivity contribution < 1.29 is 95.1 Å². The predicted molar refractivity (Wildman–Crippen MR) is 220 cm³/mol. The summed E-state index contributed by atoms with van der Waals surface area (Å²) in [7, 11) is -2.90. The minimum absolute atomic E-state index is 0.178. The molecule has 0 saturated carbocycles. The average Bonchev–Trinajstić information content (AvgIpc) is 3.34. The molecule has 9 aromatic carbocycles. The highest BCUT2D eigenvalue weighted by Gasteiger charge is 2.39. The summed E-state index contributed by atoms with van der Waals surface area (Å²) >= 11 is 0. The molecule has 0 radical (unpaired) electrons. The minimum atomic E-state index is -2.90. The van der Waals surface area contributed by atoms with E-state index in [4.69, 9.17) is 14.0 Å². The van der Waals surface area contributed by atoms with E-state index >= 15 is 26.3 Å². The summed E-state index contributed by atoms with van der Waals surface area (Å²) in [6, 6.07) is 13.7. The lowest BCUT2D eigenvalue weighted by molar-refractivity contribution is 0.308. The maximum atomic E-state index is 15.8. The third kappa shape index (κ3) is 7.46. The molecule has 9 aromatic rings. The third-order valence-electron chi connectivity index (χ3n) is 10.9. The summed E-state index contributed by atoms with van der Waals surface area (Å²) in [4.78, 5) is 0. The lowest BCUT2D eigenvalue weighted by Gasteiger charge is -2.24. The Kier molecular flexibility index (Phi) is 11.5. The SMILES string of the molecule is Oc1ccc2c(-c3c(F)c(F)c(F)c(F)c3F)c(OB(Oc3ccc4cc(O)ccc4c3-c3c(F)c(F)c(F)c(F)c3F)Oc3ccc4cc(O)ccc4c3-c3c(F)c(F)c(F)c(F)c3F)ccc2c1. The van der Waals surface area contributed by atoms with Gasteiger partial charge in [-0.15, -0.1) is 0 Å². The van der Waals surface area contributed by atoms with Gasteiger partial charge < -0.3 is 29.3 Å². The van der Waals surface area contributed by atoms with Crippen LogP contribution in [-0.4, -0.2) is 22.6 Å². The predicted octanol–water partition coefficient (Wildman–Crippen LogP) is 13.9. The number of benzene rings is 9. The molecule has 0 unspecified atom stereocenters. The third-order valence-corrected chi connectivity index (χ3v) is 10.9. The quantitative estimate of drug-likeness (QED) is 0.0578. The number of phenols is 3. The maximum absolute atomic E-state index is 15.8. The van der Waals surface area contributed by atoms with Gasteiger partial charge in [-0.1, -0.05) is 18.2 Å². The van der Waals surface area contributed by atoms with Gasteiger partial charge in [-0.25, -0.2) is 65.9 Å². The van der Waals surface area contributed by atoms with Crippen LogP contribution in [-0.2, 0) is 0 Å². The van der Waals surface area contributed by atoms with E-state index in [9.17, 15) is 54.8 Å². The molecule has 0 spiro atoms. The number of phenolic OH excluding ortho intramolecular Hbond substituents is 3. The largest absolute Gasteiger partial charge is 0.864 e. The Labute approximate surface area is 380 Å². The second-order valence-corrected chi connectivity index (χ2v) is 15.0. The van der Waals surface area contributed by atoms with Crippen LogP contribution in [0.2, 0.25) is 0 Å². The zero-order valence-electron chi connectivity index (χ0n) is 34.0. The molecule has 0 aliphatic heterocycles. The molecule has 0 atom stereocenters. The van der Waals surface area contributed by atoms with Crippen molar-refractivity contribution in [2.24, 2.45) is 0 Å². The molecule has 0 aliphatic rings. The summed E-state index contributed by atoms with van der Waals surface area (Å²) in [6.45, 7) is 0. The molecule has 0 saturated heterocycles. The molecule has 9 rings (SSSR count). The van der Waals surface area contributed by atoms with Crippen molar-refractivity contribution in [1.29, 1.82) is 0 Å². The Bertz CT molecular complexity index is 3260. The molecular weight excluding hydrogens is 968 g/mol. The first-order valence-corrected chi connectivity index (χ1v) is 19.5. The van der Waals surface area contributed by atoms with E-state index in [2.05, 4.69) is 0 Å². The fraction of sp³-hybridized carbons (Fsp3) is 0. The Hall–Kier alpha value is -8.43. The van der Waals surface area contributed by atoms with E-state index in [0.29, 0.717) is 0 Å². The number of aromatic hydroxyl groups is 3. The fourth-order valence-electron chi connectivity index (χ4n) is 7.82. The van der Waals surface area contributed by atoms with Gasteiger partial charge in [0.2, 0.25) is 17.5 Å². The summed E-state index contributed by atoms with van der Waals surface area (Å²) in [5, 5.41) is 28.7. The number of hydrogen-bond acceptors (Lipinski definition) is 6. The van der Waals surface area contributed by atoms with Crippen molar-refractivity contribution in [3.05, 3.63) is 178 Å². The highest BCUT2D eigenvalue weighted by Crippen LogP contribution is 2.47. The first kappa shape index (κ1) is 46.7. The van der Waals surface area contributed by atoms with Gasteiger partial charge in [0.1, 0.15) is 34.5 Å². The molecule has 70 heavy (non-hydrogen) atoms. The van der Waals surface area contributed by atoms with E-state index in [0.717, 1.165) is 91.0 Å². The average molecular weight is 986 g/mol. The Morgan fingerprint density at radius 3 is 0.700 bits per heavy atom. The molecule has 0 aromatic heterocycles. The van der Waals surface area contributed by atoms with Crippen molar-refractivity contribution in [1.82, 2.24) is 0 Å². The standard InChI is InChI=1S/C48H18BF15O6/c50-34-31(35(51)41(57)46(62)40(34)56)28-22-7-4-19(65)13-16(22)1-10-25(28)68-49(69-26-11-2-17-14-20(66)5-8-23(17)29(26)32-36(52)42(58)47(63)43(59)37(32)53)70-27-12-3-18-15-21(67)6-9-24(18)30(27)33-38(54)44(60)48(64)45(61)39(33)55/h1-15,65-67H. The molecule has 354 valence electrons. The van der Waals surface area contributed by atoms with Gasteiger partial charge in [-0.05, 0) is 105 Å². The molecule has 0 aliphatic carbocycles. The minimum Gasteiger partial charge on any atom is -0.508 e. The molecule has 22 heteroatoms. The topological polar surface area (TPSA) is 88.4 Å². The monoisotopic (exact) mass is 986 g/mol. The Balaban J connectivity index is 1.36. The number of hydrogen-bond donors (Lipinski definition) is 3. The van der Waals surface area contributed by atoms with Gasteiger partial charge in [-0.3, -0.25) is 0 Å². The maximum Gasteiger partial charge on any atom is 0.864 e. The van der Waals surface area contributed by atoms with Crippen molar-refractivity contribution in [3.63, 3.8) is 0 Å². The van der Waals surface area contributed by atoms with E-state index in [1.807, 2.05) is 0 Å². The molecule has 6 nitrogen and oxygen atoms in total. The van der Waals surface area contributed by atoms with Crippen molar-refractivity contribution >= 4 is 39.6 Å². The Morgan fingerprint density at radius 2 is 0.471 bits per heavy atom. The van der Waals surface area contributed by atoms with Crippen LogP contribution >= 0.6 is 0 Å². The zero-order valence-corrected chi connectivity index (χ0v) is 34.0. The number of fused-ring (bicyclic) bond motifs is 3. The van der Waals surface area contributed by atoms with Crippen LogP contribution in [0, 0.1) is 87.3 Å². The van der Waals surface area contributed by atoms with Gasteiger partial charge >= 0.3 is 7.32 Å². The normalized spacial score (nSPS) is 11.5. The van der Waals surface area contributed by atoms with Crippen LogP contribution in [0.1, 0.15) is 0 Å². The number of rotatable bonds is 9. The van der Waals surface area contributed by atoms with Crippen LogP contribution in [0.3, 0.4) is 0 Å². The van der Waals surface area contributed by atoms with Crippen LogP contribution in [0.15, 0.2) is 91.0 Å². The lowest BCUT2D eigenvalue weighted by atomic mass is 9.94. The van der Waals surface area contributed by atoms with Gasteiger partial charge in [0.25, 0.3) is 0 Å². The van der Waals surface area contributed by atoms with Crippen molar-refractivity contribution in [2.45, 2.75) is 0 Å². The summed E-state index contributed by atoms with van der Waals surface area (Å²) in [5.41, 5.74) is -8.27. The van der Waals surface area contributed by atoms with Gasteiger partial charge in [0, 0.05) is 16.7 Å². The molecule has 0 heterocycles. The van der Waals surface area contributed by atoms with Gasteiger partial charge in [0.15, 0.2) is 69.8 Å². The highest BCUT2D eigenvalue weighted by molar-refractivity contribution is 6.40. The van der Waals surface area contributed by atoms with Crippen molar-refractivity contribution in [2.75, 3.05) is 0 Å². The van der Waals surface area contributed by atoms with Gasteiger partial charge in [0.05, 0.1) is 16.7 Å². The van der Waals surface area contributed by atoms with Crippen LogP contribution in [0.25, 0.3) is 65.7 Å². The second-order valence-electron chi connectivity index (χ2n) is 15.0.